The lowest BCUT2D eigenvalue weighted by Crippen LogP contribution is -2.59. The van der Waals surface area contributed by atoms with Crippen LogP contribution in [0.3, 0.4) is 0 Å². The molecule has 1 amide bonds. The van der Waals surface area contributed by atoms with Gasteiger partial charge in [-0.25, -0.2) is 9.37 Å². The third kappa shape index (κ3) is 3.34. The van der Waals surface area contributed by atoms with Crippen molar-refractivity contribution < 1.29 is 14.3 Å². The number of benzene rings is 1. The van der Waals surface area contributed by atoms with Crippen LogP contribution in [0, 0.1) is 23.6 Å². The van der Waals surface area contributed by atoms with E-state index in [9.17, 15) is 14.3 Å². The fourth-order valence-corrected chi connectivity index (χ4v) is 6.89. The zero-order valence-corrected chi connectivity index (χ0v) is 18.0. The average Bonchev–Trinajstić information content (AvgIpc) is 3.23. The van der Waals surface area contributed by atoms with Crippen molar-refractivity contribution in [3.8, 4) is 0 Å². The van der Waals surface area contributed by atoms with E-state index in [0.717, 1.165) is 62.1 Å². The van der Waals surface area contributed by atoms with Gasteiger partial charge in [-0.15, -0.1) is 0 Å². The summed E-state index contributed by atoms with van der Waals surface area (Å²) < 4.78 is 14.0. The molecule has 2 atom stereocenters. The molecule has 1 aliphatic heterocycles. The summed E-state index contributed by atoms with van der Waals surface area (Å²) in [6, 6.07) is 6.75. The van der Waals surface area contributed by atoms with Crippen molar-refractivity contribution in [2.24, 2.45) is 17.8 Å². The summed E-state index contributed by atoms with van der Waals surface area (Å²) in [6.45, 7) is 0.931. The van der Waals surface area contributed by atoms with Crippen molar-refractivity contribution in [1.82, 2.24) is 10.3 Å². The van der Waals surface area contributed by atoms with E-state index in [-0.39, 0.29) is 24.3 Å². The van der Waals surface area contributed by atoms with Crippen LogP contribution in [0.2, 0.25) is 0 Å². The number of carbonyl (C=O) groups excluding carboxylic acids is 1. The number of nitrogens with zero attached hydrogens (tertiary/aromatic N) is 1. The molecule has 7 heteroatoms. The molecule has 2 heterocycles. The lowest BCUT2D eigenvalue weighted by atomic mass is 9.52. The molecule has 4 N–H and O–H groups in total. The fourth-order valence-electron chi connectivity index (χ4n) is 6.89. The zero-order valence-electron chi connectivity index (χ0n) is 18.0. The Bertz CT molecular complexity index is 1060. The molecular weight excluding hydrogens is 407 g/mol. The molecule has 1 aromatic heterocycles. The van der Waals surface area contributed by atoms with Gasteiger partial charge in [0, 0.05) is 36.5 Å². The minimum absolute atomic E-state index is 0.129. The number of hydrogen-bond donors (Lipinski definition) is 4. The number of pyridine rings is 1. The Morgan fingerprint density at radius 2 is 2.00 bits per heavy atom. The zero-order chi connectivity index (χ0) is 21.9. The molecule has 6 nitrogen and oxygen atoms in total. The molecule has 4 saturated carbocycles. The van der Waals surface area contributed by atoms with Crippen molar-refractivity contribution >= 4 is 17.4 Å². The summed E-state index contributed by atoms with van der Waals surface area (Å²) in [5.41, 5.74) is 2.39. The highest BCUT2D eigenvalue weighted by Gasteiger charge is 2.55. The number of aliphatic hydroxyl groups is 1. The first-order valence-corrected chi connectivity index (χ1v) is 11.8. The maximum absolute atomic E-state index is 14.0. The maximum atomic E-state index is 14.0. The van der Waals surface area contributed by atoms with Gasteiger partial charge in [-0.3, -0.25) is 4.79 Å². The molecule has 7 rings (SSSR count). The van der Waals surface area contributed by atoms with Gasteiger partial charge in [0.2, 0.25) is 0 Å². The summed E-state index contributed by atoms with van der Waals surface area (Å²) in [7, 11) is 0. The van der Waals surface area contributed by atoms with Gasteiger partial charge in [-0.2, -0.15) is 0 Å². The van der Waals surface area contributed by atoms with E-state index in [1.807, 2.05) is 0 Å². The number of halogens is 1. The summed E-state index contributed by atoms with van der Waals surface area (Å²) in [4.78, 5) is 17.7. The summed E-state index contributed by atoms with van der Waals surface area (Å²) in [6.07, 6.45) is 7.38. The molecule has 2 aromatic rings. The van der Waals surface area contributed by atoms with Gasteiger partial charge >= 0.3 is 0 Å². The van der Waals surface area contributed by atoms with E-state index >= 15 is 0 Å². The van der Waals surface area contributed by atoms with Gasteiger partial charge in [0.1, 0.15) is 11.6 Å². The van der Waals surface area contributed by atoms with E-state index < -0.39 is 5.60 Å². The Balaban J connectivity index is 1.27. The molecule has 1 aromatic carbocycles. The number of rotatable bonds is 5. The van der Waals surface area contributed by atoms with Gasteiger partial charge in [0.05, 0.1) is 16.9 Å². The first-order chi connectivity index (χ1) is 15.5. The molecule has 0 spiro atoms. The third-order valence-corrected chi connectivity index (χ3v) is 8.04. The summed E-state index contributed by atoms with van der Waals surface area (Å²) >= 11 is 0. The molecule has 5 aliphatic rings. The first kappa shape index (κ1) is 20.0. The molecule has 4 fully saturated rings. The lowest BCUT2D eigenvalue weighted by molar-refractivity contribution is -0.129. The van der Waals surface area contributed by atoms with Gasteiger partial charge < -0.3 is 21.1 Å². The summed E-state index contributed by atoms with van der Waals surface area (Å²) in [5, 5.41) is 20.9. The lowest BCUT2D eigenvalue weighted by Gasteiger charge is -2.58. The summed E-state index contributed by atoms with van der Waals surface area (Å²) in [5.74, 6) is 1.75. The second kappa shape index (κ2) is 7.44. The number of carbonyl (C=O) groups is 1. The molecule has 0 radical (unpaired) electrons. The Morgan fingerprint density at radius 1 is 1.22 bits per heavy atom. The fraction of sp³-hybridized carbons (Fsp3) is 0.520. The highest BCUT2D eigenvalue weighted by atomic mass is 19.1. The quantitative estimate of drug-likeness (QED) is 0.577. The standard InChI is InChI=1S/C25H29FN4O2/c26-20-4-2-1-3-15(20)12-29-24(31)19-13-28-23-18(5-6-27-23)22(19)30-21-16-7-14-8-17(21)11-25(32,9-14)10-16/h1-4,13-14,16-17,21,32H,5-12H2,(H,29,31)(H2,27,28,30)/t14?,16?,17?,21-,25+. The van der Waals surface area contributed by atoms with Crippen molar-refractivity contribution in [2.45, 2.75) is 56.7 Å². The minimum Gasteiger partial charge on any atom is -0.390 e. The number of hydrogen-bond acceptors (Lipinski definition) is 5. The second-order valence-corrected chi connectivity index (χ2v) is 10.2. The van der Waals surface area contributed by atoms with Crippen LogP contribution in [0.1, 0.15) is 53.6 Å². The van der Waals surface area contributed by atoms with Crippen LogP contribution in [0.4, 0.5) is 15.9 Å². The SMILES string of the molecule is O=C(NCc1ccccc1F)c1cnc2c(c1N[C@H]1C3CC4CC1C[C@@](O)(C4)C3)CCN2. The normalized spacial score (nSPS) is 31.8. The van der Waals surface area contributed by atoms with E-state index in [4.69, 9.17) is 0 Å². The Kier molecular flexibility index (Phi) is 4.64. The maximum Gasteiger partial charge on any atom is 0.255 e. The Hall–Kier alpha value is -2.67. The first-order valence-electron chi connectivity index (χ1n) is 11.8. The van der Waals surface area contributed by atoms with Crippen molar-refractivity contribution in [2.75, 3.05) is 17.2 Å². The second-order valence-electron chi connectivity index (χ2n) is 10.2. The van der Waals surface area contributed by atoms with Crippen LogP contribution >= 0.6 is 0 Å². The van der Waals surface area contributed by atoms with Crippen molar-refractivity contribution in [3.63, 3.8) is 0 Å². The van der Waals surface area contributed by atoms with Crippen LogP contribution in [-0.4, -0.2) is 34.2 Å². The largest absolute Gasteiger partial charge is 0.390 e. The van der Waals surface area contributed by atoms with Crippen LogP contribution in [0.25, 0.3) is 0 Å². The van der Waals surface area contributed by atoms with Crippen LogP contribution in [-0.2, 0) is 13.0 Å². The topological polar surface area (TPSA) is 86.3 Å². The monoisotopic (exact) mass is 436 g/mol. The molecule has 32 heavy (non-hydrogen) atoms. The molecule has 4 aliphatic carbocycles. The number of anilines is 2. The molecule has 168 valence electrons. The van der Waals surface area contributed by atoms with Gasteiger partial charge in [-0.1, -0.05) is 18.2 Å². The highest BCUT2D eigenvalue weighted by Crippen LogP contribution is 2.56. The highest BCUT2D eigenvalue weighted by molar-refractivity contribution is 6.01. The number of aromatic nitrogens is 1. The smallest absolute Gasteiger partial charge is 0.255 e. The minimum atomic E-state index is -0.490. The van der Waals surface area contributed by atoms with Gasteiger partial charge in [0.15, 0.2) is 0 Å². The van der Waals surface area contributed by atoms with E-state index in [1.165, 1.54) is 6.07 Å². The predicted octanol–water partition coefficient (Wildman–Crippen LogP) is 3.47. The van der Waals surface area contributed by atoms with Crippen LogP contribution in [0.15, 0.2) is 30.5 Å². The molecule has 0 saturated heterocycles. The third-order valence-electron chi connectivity index (χ3n) is 8.04. The Morgan fingerprint density at radius 3 is 2.75 bits per heavy atom. The average molecular weight is 437 g/mol. The van der Waals surface area contributed by atoms with Gasteiger partial charge in [-0.05, 0) is 62.3 Å². The molecule has 2 unspecified atom stereocenters. The van der Waals surface area contributed by atoms with E-state index in [1.54, 1.807) is 24.4 Å². The van der Waals surface area contributed by atoms with Crippen LogP contribution in [0.5, 0.6) is 0 Å². The number of nitrogens with one attached hydrogen (secondary N) is 3. The molecule has 4 bridgehead atoms. The Labute approximate surface area is 187 Å². The number of amides is 1. The van der Waals surface area contributed by atoms with Crippen LogP contribution < -0.4 is 16.0 Å². The van der Waals surface area contributed by atoms with Crippen molar-refractivity contribution in [3.05, 3.63) is 53.0 Å². The van der Waals surface area contributed by atoms with Crippen molar-refractivity contribution in [1.29, 1.82) is 0 Å². The van der Waals surface area contributed by atoms with E-state index in [2.05, 4.69) is 20.9 Å². The van der Waals surface area contributed by atoms with Gasteiger partial charge in [0.25, 0.3) is 5.91 Å². The predicted molar refractivity (Wildman–Crippen MR) is 120 cm³/mol. The number of fused-ring (bicyclic) bond motifs is 1. The van der Waals surface area contributed by atoms with E-state index in [0.29, 0.717) is 28.9 Å². The molecular formula is C25H29FN4O2.